The van der Waals surface area contributed by atoms with Crippen molar-refractivity contribution in [2.75, 3.05) is 26.2 Å². The number of hydrogen-bond acceptors (Lipinski definition) is 6. The standard InChI is InChI=1S/C23H21N3O4S/c1-16(27)25-11-13-26(14-12-25)23-24-21(28)20(31-23)15-17-7-9-19(10-8-17)30-22(29)18-5-3-2-4-6-18/h2-10,15H,11-14H2,1H3. The van der Waals surface area contributed by atoms with E-state index in [-0.39, 0.29) is 11.8 Å². The van der Waals surface area contributed by atoms with Crippen molar-refractivity contribution in [3.8, 4) is 5.75 Å². The normalized spacial score (nSPS) is 17.6. The third-order valence-corrected chi connectivity index (χ3v) is 6.05. The van der Waals surface area contributed by atoms with Crippen LogP contribution in [-0.2, 0) is 9.59 Å². The molecule has 0 spiro atoms. The maximum atomic E-state index is 12.3. The van der Waals surface area contributed by atoms with Crippen LogP contribution in [0.5, 0.6) is 5.75 Å². The molecule has 4 rings (SSSR count). The topological polar surface area (TPSA) is 79.3 Å². The molecule has 0 N–H and O–H groups in total. The fraction of sp³-hybridized carbons (Fsp3) is 0.217. The number of rotatable bonds is 3. The van der Waals surface area contributed by atoms with Crippen LogP contribution in [0.15, 0.2) is 64.5 Å². The summed E-state index contributed by atoms with van der Waals surface area (Å²) >= 11 is 1.34. The fourth-order valence-electron chi connectivity index (χ4n) is 3.27. The monoisotopic (exact) mass is 435 g/mol. The summed E-state index contributed by atoms with van der Waals surface area (Å²) < 4.78 is 5.38. The van der Waals surface area contributed by atoms with Gasteiger partial charge < -0.3 is 14.5 Å². The Morgan fingerprint density at radius 1 is 1.00 bits per heavy atom. The average molecular weight is 436 g/mol. The molecular weight excluding hydrogens is 414 g/mol. The van der Waals surface area contributed by atoms with Gasteiger partial charge in [0.05, 0.1) is 10.5 Å². The summed E-state index contributed by atoms with van der Waals surface area (Å²) in [5.74, 6) is -0.193. The van der Waals surface area contributed by atoms with Crippen molar-refractivity contribution in [3.63, 3.8) is 0 Å². The molecule has 2 aromatic rings. The molecule has 1 saturated heterocycles. The molecule has 7 nitrogen and oxygen atoms in total. The van der Waals surface area contributed by atoms with E-state index in [0.717, 1.165) is 5.56 Å². The minimum Gasteiger partial charge on any atom is -0.423 e. The van der Waals surface area contributed by atoms with Crippen LogP contribution in [0, 0.1) is 0 Å². The number of nitrogens with zero attached hydrogens (tertiary/aromatic N) is 3. The number of amidine groups is 1. The zero-order valence-corrected chi connectivity index (χ0v) is 17.8. The van der Waals surface area contributed by atoms with Crippen LogP contribution in [0.3, 0.4) is 0 Å². The van der Waals surface area contributed by atoms with Crippen molar-refractivity contribution >= 4 is 40.8 Å². The second-order valence-corrected chi connectivity index (χ2v) is 8.14. The first-order chi connectivity index (χ1) is 15.0. The first-order valence-electron chi connectivity index (χ1n) is 9.90. The third-order valence-electron chi connectivity index (χ3n) is 5.00. The zero-order chi connectivity index (χ0) is 21.8. The van der Waals surface area contributed by atoms with Crippen LogP contribution in [0.1, 0.15) is 22.8 Å². The zero-order valence-electron chi connectivity index (χ0n) is 17.0. The van der Waals surface area contributed by atoms with Crippen LogP contribution in [-0.4, -0.2) is 58.9 Å². The molecule has 0 atom stereocenters. The summed E-state index contributed by atoms with van der Waals surface area (Å²) in [7, 11) is 0. The van der Waals surface area contributed by atoms with Crippen molar-refractivity contribution in [1.82, 2.24) is 9.80 Å². The van der Waals surface area contributed by atoms with Crippen molar-refractivity contribution in [2.24, 2.45) is 4.99 Å². The van der Waals surface area contributed by atoms with Gasteiger partial charge in [-0.3, -0.25) is 9.59 Å². The summed E-state index contributed by atoms with van der Waals surface area (Å²) in [6, 6.07) is 15.8. The lowest BCUT2D eigenvalue weighted by Crippen LogP contribution is -2.49. The highest BCUT2D eigenvalue weighted by molar-refractivity contribution is 8.18. The SMILES string of the molecule is CC(=O)N1CCN(C2=NC(=O)C(=Cc3ccc(OC(=O)c4ccccc4)cc3)S2)CC1. The molecule has 2 amide bonds. The molecule has 0 aliphatic carbocycles. The molecule has 0 radical (unpaired) electrons. The molecule has 2 heterocycles. The predicted molar refractivity (Wildman–Crippen MR) is 120 cm³/mol. The van der Waals surface area contributed by atoms with Gasteiger partial charge in [-0.25, -0.2) is 4.79 Å². The molecule has 2 aromatic carbocycles. The molecule has 31 heavy (non-hydrogen) atoms. The number of aliphatic imine (C=N–C) groups is 1. The number of hydrogen-bond donors (Lipinski definition) is 0. The molecule has 0 unspecified atom stereocenters. The van der Waals surface area contributed by atoms with Gasteiger partial charge in [0, 0.05) is 33.1 Å². The van der Waals surface area contributed by atoms with Crippen LogP contribution in [0.25, 0.3) is 6.08 Å². The maximum absolute atomic E-state index is 12.3. The highest BCUT2D eigenvalue weighted by Crippen LogP contribution is 2.31. The van der Waals surface area contributed by atoms with E-state index in [1.807, 2.05) is 11.0 Å². The molecule has 8 heteroatoms. The Morgan fingerprint density at radius 3 is 2.32 bits per heavy atom. The first kappa shape index (κ1) is 20.9. The summed E-state index contributed by atoms with van der Waals surface area (Å²) in [4.78, 5) is 44.5. The number of piperazine rings is 1. The summed E-state index contributed by atoms with van der Waals surface area (Å²) in [5.41, 5.74) is 1.30. The minimum absolute atomic E-state index is 0.0650. The lowest BCUT2D eigenvalue weighted by Gasteiger charge is -2.34. The smallest absolute Gasteiger partial charge is 0.343 e. The second kappa shape index (κ2) is 9.18. The Bertz CT molecular complexity index is 1060. The largest absolute Gasteiger partial charge is 0.423 e. The molecule has 1 fully saturated rings. The highest BCUT2D eigenvalue weighted by atomic mass is 32.2. The van der Waals surface area contributed by atoms with E-state index in [0.29, 0.717) is 47.6 Å². The van der Waals surface area contributed by atoms with Crippen molar-refractivity contribution in [3.05, 3.63) is 70.6 Å². The van der Waals surface area contributed by atoms with Gasteiger partial charge in [-0.05, 0) is 47.7 Å². The number of thioether (sulfide) groups is 1. The van der Waals surface area contributed by atoms with Crippen molar-refractivity contribution < 1.29 is 19.1 Å². The van der Waals surface area contributed by atoms with E-state index < -0.39 is 5.97 Å². The number of ether oxygens (including phenoxy) is 1. The van der Waals surface area contributed by atoms with Gasteiger partial charge in [0.25, 0.3) is 5.91 Å². The summed E-state index contributed by atoms with van der Waals surface area (Å²) in [6.45, 7) is 4.15. The van der Waals surface area contributed by atoms with Gasteiger partial charge in [-0.2, -0.15) is 4.99 Å². The molecule has 2 aliphatic rings. The third kappa shape index (κ3) is 5.03. The first-order valence-corrected chi connectivity index (χ1v) is 10.7. The summed E-state index contributed by atoms with van der Waals surface area (Å²) in [6.07, 6.45) is 1.78. The molecule has 0 bridgehead atoms. The van der Waals surface area contributed by atoms with Crippen LogP contribution in [0.4, 0.5) is 0 Å². The van der Waals surface area contributed by atoms with Gasteiger partial charge in [0.2, 0.25) is 5.91 Å². The number of esters is 1. The van der Waals surface area contributed by atoms with Gasteiger partial charge in [0.1, 0.15) is 5.75 Å². The van der Waals surface area contributed by atoms with E-state index in [9.17, 15) is 14.4 Å². The Kier molecular flexibility index (Phi) is 6.18. The van der Waals surface area contributed by atoms with E-state index in [2.05, 4.69) is 4.99 Å². The van der Waals surface area contributed by atoms with E-state index in [1.165, 1.54) is 11.8 Å². The van der Waals surface area contributed by atoms with Crippen molar-refractivity contribution in [2.45, 2.75) is 6.92 Å². The van der Waals surface area contributed by atoms with E-state index in [1.54, 1.807) is 66.4 Å². The molecule has 0 aromatic heterocycles. The van der Waals surface area contributed by atoms with Crippen LogP contribution in [0.2, 0.25) is 0 Å². The van der Waals surface area contributed by atoms with E-state index >= 15 is 0 Å². The van der Waals surface area contributed by atoms with Gasteiger partial charge in [-0.15, -0.1) is 0 Å². The predicted octanol–water partition coefficient (Wildman–Crippen LogP) is 3.04. The number of amides is 2. The van der Waals surface area contributed by atoms with Gasteiger partial charge >= 0.3 is 5.97 Å². The van der Waals surface area contributed by atoms with Gasteiger partial charge in [0.15, 0.2) is 5.17 Å². The van der Waals surface area contributed by atoms with Crippen molar-refractivity contribution in [1.29, 1.82) is 0 Å². The Labute approximate surface area is 184 Å². The Balaban J connectivity index is 1.37. The lowest BCUT2D eigenvalue weighted by molar-refractivity contribution is -0.130. The Morgan fingerprint density at radius 2 is 1.68 bits per heavy atom. The lowest BCUT2D eigenvalue weighted by atomic mass is 10.2. The van der Waals surface area contributed by atoms with E-state index in [4.69, 9.17) is 4.74 Å². The molecule has 2 aliphatic heterocycles. The quantitative estimate of drug-likeness (QED) is 0.419. The fourth-order valence-corrected chi connectivity index (χ4v) is 4.23. The average Bonchev–Trinajstić information content (AvgIpc) is 3.16. The number of carbonyl (C=O) groups excluding carboxylic acids is 3. The van der Waals surface area contributed by atoms with Crippen LogP contribution >= 0.6 is 11.8 Å². The highest BCUT2D eigenvalue weighted by Gasteiger charge is 2.28. The Hall–Kier alpha value is -3.39. The molecular formula is C23H21N3O4S. The minimum atomic E-state index is -0.420. The number of benzene rings is 2. The summed E-state index contributed by atoms with van der Waals surface area (Å²) in [5, 5.41) is 0.674. The molecule has 0 saturated carbocycles. The van der Waals surface area contributed by atoms with Gasteiger partial charge in [-0.1, -0.05) is 30.3 Å². The second-order valence-electron chi connectivity index (χ2n) is 7.13. The number of carbonyl (C=O) groups is 3. The maximum Gasteiger partial charge on any atom is 0.343 e. The van der Waals surface area contributed by atoms with Crippen LogP contribution < -0.4 is 4.74 Å². The molecule has 158 valence electrons.